The Labute approximate surface area is 174 Å². The summed E-state index contributed by atoms with van der Waals surface area (Å²) >= 11 is 0. The van der Waals surface area contributed by atoms with E-state index >= 15 is 0 Å². The Kier molecular flexibility index (Phi) is 8.59. The summed E-state index contributed by atoms with van der Waals surface area (Å²) in [6.45, 7) is 2.05. The van der Waals surface area contributed by atoms with Gasteiger partial charge in [-0.2, -0.15) is 0 Å². The Morgan fingerprint density at radius 3 is 2.23 bits per heavy atom. The summed E-state index contributed by atoms with van der Waals surface area (Å²) in [4.78, 5) is 19.4. The second kappa shape index (κ2) is 11.1. The molecule has 0 amide bonds. The number of rotatable bonds is 6. The van der Waals surface area contributed by atoms with Crippen LogP contribution in [0.15, 0.2) is 72.8 Å². The molecule has 0 radical (unpaired) electrons. The van der Waals surface area contributed by atoms with E-state index < -0.39 is 20.0 Å². The Balaban J connectivity index is 0.000000248. The van der Waals surface area contributed by atoms with Gasteiger partial charge in [-0.15, -0.1) is 0 Å². The molecule has 3 rings (SSSR count). The van der Waals surface area contributed by atoms with Crippen LogP contribution in [0.1, 0.15) is 34.3 Å². The molecular formula is C22H22FO6P. The third-order valence-corrected chi connectivity index (χ3v) is 4.66. The zero-order chi connectivity index (χ0) is 22.1. The monoisotopic (exact) mass is 432 g/mol. The van der Waals surface area contributed by atoms with E-state index in [1.807, 2.05) is 31.2 Å². The van der Waals surface area contributed by atoms with Gasteiger partial charge in [0.15, 0.2) is 11.6 Å². The van der Waals surface area contributed by atoms with E-state index in [2.05, 4.69) is 4.52 Å². The molecule has 0 heterocycles. The fourth-order valence-electron chi connectivity index (χ4n) is 2.78. The average molecular weight is 432 g/mol. The minimum absolute atomic E-state index is 0.195. The standard InChI is InChI=1S/C16H16O3.C6H6FO3P/c1-11(12-6-8-14(17)9-7-12)10-13-4-2-3-5-15(13)16(18)19;7-5-3-1-2-4-6(5)10-11(8)9/h2-9,11,17H,10H2,1H3,(H,18,19);1-4,11H,(H,8,9). The van der Waals surface area contributed by atoms with Gasteiger partial charge in [-0.3, -0.25) is 0 Å². The first-order valence-electron chi connectivity index (χ1n) is 9.03. The van der Waals surface area contributed by atoms with E-state index in [0.717, 1.165) is 17.2 Å². The first-order chi connectivity index (χ1) is 14.3. The summed E-state index contributed by atoms with van der Waals surface area (Å²) < 4.78 is 27.0. The fraction of sp³-hybridized carbons (Fsp3) is 0.136. The molecule has 0 saturated carbocycles. The molecule has 2 atom stereocenters. The quantitative estimate of drug-likeness (QED) is 0.473. The molecule has 3 aromatic rings. The van der Waals surface area contributed by atoms with E-state index in [1.165, 1.54) is 18.2 Å². The maximum atomic E-state index is 12.6. The summed E-state index contributed by atoms with van der Waals surface area (Å²) in [6.07, 6.45) is 0.660. The lowest BCUT2D eigenvalue weighted by molar-refractivity contribution is 0.0695. The highest BCUT2D eigenvalue weighted by Crippen LogP contribution is 2.25. The molecule has 0 aliphatic carbocycles. The number of benzene rings is 3. The third-order valence-electron chi connectivity index (χ3n) is 4.27. The third kappa shape index (κ3) is 7.03. The first-order valence-corrected chi connectivity index (χ1v) is 10.3. The number of phenolic OH excluding ortho intramolecular Hbond substituents is 1. The summed E-state index contributed by atoms with van der Waals surface area (Å²) in [5.74, 6) is -1.30. The largest absolute Gasteiger partial charge is 0.508 e. The van der Waals surface area contributed by atoms with Crippen LogP contribution in [0.4, 0.5) is 4.39 Å². The highest BCUT2D eigenvalue weighted by molar-refractivity contribution is 7.32. The number of carbonyl (C=O) groups is 1. The van der Waals surface area contributed by atoms with Gasteiger partial charge in [0.25, 0.3) is 0 Å². The zero-order valence-corrected chi connectivity index (χ0v) is 17.2. The van der Waals surface area contributed by atoms with Crippen molar-refractivity contribution in [2.45, 2.75) is 19.3 Å². The van der Waals surface area contributed by atoms with Crippen molar-refractivity contribution in [1.82, 2.24) is 0 Å². The molecule has 0 aliphatic rings. The number of hydrogen-bond donors (Lipinski definition) is 3. The molecule has 3 N–H and O–H groups in total. The van der Waals surface area contributed by atoms with Gasteiger partial charge >= 0.3 is 14.2 Å². The molecule has 6 nitrogen and oxygen atoms in total. The maximum absolute atomic E-state index is 12.6. The predicted molar refractivity (Wildman–Crippen MR) is 112 cm³/mol. The van der Waals surface area contributed by atoms with Gasteiger partial charge in [-0.1, -0.05) is 49.4 Å². The molecule has 8 heteroatoms. The molecule has 2 unspecified atom stereocenters. The molecule has 158 valence electrons. The Morgan fingerprint density at radius 2 is 1.63 bits per heavy atom. The van der Waals surface area contributed by atoms with Gasteiger partial charge < -0.3 is 19.6 Å². The summed E-state index contributed by atoms with van der Waals surface area (Å²) in [5, 5.41) is 18.4. The van der Waals surface area contributed by atoms with Crippen molar-refractivity contribution in [2.24, 2.45) is 0 Å². The number of carboxylic acids is 1. The second-order valence-electron chi connectivity index (χ2n) is 6.46. The van der Waals surface area contributed by atoms with Crippen molar-refractivity contribution in [1.29, 1.82) is 0 Å². The van der Waals surface area contributed by atoms with Crippen molar-refractivity contribution in [3.63, 3.8) is 0 Å². The lowest BCUT2D eigenvalue weighted by Crippen LogP contribution is -2.06. The number of halogens is 1. The Morgan fingerprint density at radius 1 is 1.03 bits per heavy atom. The lowest BCUT2D eigenvalue weighted by atomic mass is 9.91. The lowest BCUT2D eigenvalue weighted by Gasteiger charge is -2.13. The van der Waals surface area contributed by atoms with Crippen molar-refractivity contribution >= 4 is 14.2 Å². The van der Waals surface area contributed by atoms with Crippen LogP contribution >= 0.6 is 8.25 Å². The maximum Gasteiger partial charge on any atom is 0.365 e. The van der Waals surface area contributed by atoms with Gasteiger partial charge in [-0.05, 0) is 53.8 Å². The Hall–Kier alpha value is -3.15. The van der Waals surface area contributed by atoms with E-state index in [0.29, 0.717) is 12.0 Å². The number of phenols is 1. The van der Waals surface area contributed by atoms with Crippen LogP contribution in [0.2, 0.25) is 0 Å². The highest BCUT2D eigenvalue weighted by Gasteiger charge is 2.13. The number of hydrogen-bond acceptors (Lipinski definition) is 4. The molecule has 0 bridgehead atoms. The van der Waals surface area contributed by atoms with Crippen molar-refractivity contribution in [3.8, 4) is 11.5 Å². The molecule has 0 aliphatic heterocycles. The number of para-hydroxylation sites is 1. The molecule has 0 saturated heterocycles. The van der Waals surface area contributed by atoms with Crippen LogP contribution in [0.5, 0.6) is 11.5 Å². The normalized spacial score (nSPS) is 12.2. The smallest absolute Gasteiger partial charge is 0.365 e. The molecular weight excluding hydrogens is 410 g/mol. The molecule has 0 fully saturated rings. The van der Waals surface area contributed by atoms with Crippen LogP contribution < -0.4 is 4.52 Å². The first kappa shape index (κ1) is 23.1. The summed E-state index contributed by atoms with van der Waals surface area (Å²) in [5.41, 5.74) is 2.27. The highest BCUT2D eigenvalue weighted by atomic mass is 31.1. The van der Waals surface area contributed by atoms with Crippen LogP contribution in [0.3, 0.4) is 0 Å². The minimum Gasteiger partial charge on any atom is -0.508 e. The molecule has 0 spiro atoms. The molecule has 30 heavy (non-hydrogen) atoms. The van der Waals surface area contributed by atoms with Crippen molar-refractivity contribution < 1.29 is 33.4 Å². The zero-order valence-electron chi connectivity index (χ0n) is 16.2. The molecule has 3 aromatic carbocycles. The summed E-state index contributed by atoms with van der Waals surface area (Å²) in [6, 6.07) is 19.5. The second-order valence-corrected chi connectivity index (χ2v) is 7.19. The van der Waals surface area contributed by atoms with Gasteiger partial charge in [0.1, 0.15) is 5.75 Å². The fourth-order valence-corrected chi connectivity index (χ4v) is 3.13. The van der Waals surface area contributed by atoms with E-state index in [4.69, 9.17) is 10.00 Å². The van der Waals surface area contributed by atoms with Crippen LogP contribution in [-0.4, -0.2) is 21.1 Å². The van der Waals surface area contributed by atoms with Gasteiger partial charge in [-0.25, -0.2) is 13.8 Å². The van der Waals surface area contributed by atoms with E-state index in [9.17, 15) is 18.9 Å². The Bertz CT molecular complexity index is 1010. The average Bonchev–Trinajstić information content (AvgIpc) is 2.70. The van der Waals surface area contributed by atoms with Crippen molar-refractivity contribution in [2.75, 3.05) is 0 Å². The topological polar surface area (TPSA) is 104 Å². The van der Waals surface area contributed by atoms with Gasteiger partial charge in [0.2, 0.25) is 0 Å². The van der Waals surface area contributed by atoms with E-state index in [-0.39, 0.29) is 17.4 Å². The predicted octanol–water partition coefficient (Wildman–Crippen LogP) is 5.02. The number of aromatic hydroxyl groups is 1. The van der Waals surface area contributed by atoms with Crippen molar-refractivity contribution in [3.05, 3.63) is 95.3 Å². The van der Waals surface area contributed by atoms with Gasteiger partial charge in [0.05, 0.1) is 5.56 Å². The molecule has 0 aromatic heterocycles. The SMILES string of the molecule is CC(Cc1ccccc1C(=O)O)c1ccc(O)cc1.O=[PH](O)Oc1ccccc1F. The summed E-state index contributed by atoms with van der Waals surface area (Å²) in [7, 11) is -3.10. The number of aromatic carboxylic acids is 1. The van der Waals surface area contributed by atoms with Crippen LogP contribution in [-0.2, 0) is 11.0 Å². The number of carboxylic acid groups (broad SMARTS) is 1. The van der Waals surface area contributed by atoms with Crippen LogP contribution in [0.25, 0.3) is 0 Å². The minimum atomic E-state index is -3.10. The van der Waals surface area contributed by atoms with Gasteiger partial charge in [0, 0.05) is 0 Å². The van der Waals surface area contributed by atoms with Crippen LogP contribution in [0, 0.1) is 5.82 Å². The van der Waals surface area contributed by atoms with E-state index in [1.54, 1.807) is 24.3 Å².